The maximum atomic E-state index is 13.0. The summed E-state index contributed by atoms with van der Waals surface area (Å²) in [4.78, 5) is 15.1. The largest absolute Gasteiger partial charge is 0.293 e. The van der Waals surface area contributed by atoms with Gasteiger partial charge in [-0.3, -0.25) is 9.69 Å². The molecule has 1 aliphatic heterocycles. The van der Waals surface area contributed by atoms with E-state index in [1.54, 1.807) is 12.1 Å². The van der Waals surface area contributed by atoms with Crippen LogP contribution in [0, 0.1) is 5.82 Å². The average Bonchev–Trinajstić information content (AvgIpc) is 2.53. The second kappa shape index (κ2) is 8.28. The molecule has 2 nitrogen and oxygen atoms in total. The number of hydrogen-bond acceptors (Lipinski definition) is 2. The van der Waals surface area contributed by atoms with Crippen LogP contribution in [-0.4, -0.2) is 29.8 Å². The van der Waals surface area contributed by atoms with Crippen molar-refractivity contribution in [3.63, 3.8) is 0 Å². The van der Waals surface area contributed by atoms with Gasteiger partial charge in [0.25, 0.3) is 0 Å². The van der Waals surface area contributed by atoms with Gasteiger partial charge in [-0.1, -0.05) is 32.6 Å². The zero-order valence-electron chi connectivity index (χ0n) is 13.0. The second-order valence-corrected chi connectivity index (χ2v) is 5.98. The Kier molecular flexibility index (Phi) is 6.37. The van der Waals surface area contributed by atoms with Crippen LogP contribution in [0.3, 0.4) is 0 Å². The number of carbonyl (C=O) groups is 1. The smallest absolute Gasteiger partial charge is 0.179 e. The van der Waals surface area contributed by atoms with Gasteiger partial charge in [0, 0.05) is 5.56 Å². The van der Waals surface area contributed by atoms with Crippen LogP contribution < -0.4 is 0 Å². The average molecular weight is 291 g/mol. The predicted molar refractivity (Wildman–Crippen MR) is 84.1 cm³/mol. The molecule has 0 bridgehead atoms. The summed E-state index contributed by atoms with van der Waals surface area (Å²) in [7, 11) is 0. The third-order valence-electron chi connectivity index (χ3n) is 4.34. The zero-order chi connectivity index (χ0) is 15.1. The molecule has 0 spiro atoms. The van der Waals surface area contributed by atoms with Crippen LogP contribution in [-0.2, 0) is 0 Å². The van der Waals surface area contributed by atoms with Gasteiger partial charge in [0.2, 0.25) is 0 Å². The lowest BCUT2D eigenvalue weighted by atomic mass is 9.95. The van der Waals surface area contributed by atoms with Gasteiger partial charge in [0.15, 0.2) is 5.78 Å². The van der Waals surface area contributed by atoms with Gasteiger partial charge in [-0.05, 0) is 56.6 Å². The number of benzene rings is 1. The fourth-order valence-corrected chi connectivity index (χ4v) is 3.10. The normalized spacial score (nSPS) is 17.6. The lowest BCUT2D eigenvalue weighted by molar-refractivity contribution is 0.0764. The van der Waals surface area contributed by atoms with Gasteiger partial charge < -0.3 is 0 Å². The van der Waals surface area contributed by atoms with Gasteiger partial charge >= 0.3 is 0 Å². The Morgan fingerprint density at radius 3 is 2.43 bits per heavy atom. The summed E-state index contributed by atoms with van der Waals surface area (Å²) in [5, 5.41) is 0. The lowest BCUT2D eigenvalue weighted by Gasteiger charge is -2.33. The molecule has 0 aliphatic carbocycles. The van der Waals surface area contributed by atoms with Crippen molar-refractivity contribution in [3.05, 3.63) is 35.6 Å². The minimum Gasteiger partial charge on any atom is -0.293 e. The van der Waals surface area contributed by atoms with Crippen molar-refractivity contribution in [2.24, 2.45) is 0 Å². The van der Waals surface area contributed by atoms with Crippen LogP contribution in [0.25, 0.3) is 0 Å². The molecule has 0 amide bonds. The lowest BCUT2D eigenvalue weighted by Crippen LogP contribution is -2.44. The van der Waals surface area contributed by atoms with E-state index in [1.165, 1.54) is 37.8 Å². The van der Waals surface area contributed by atoms with Crippen molar-refractivity contribution < 1.29 is 9.18 Å². The molecular formula is C18H26FNO. The Morgan fingerprint density at radius 2 is 1.81 bits per heavy atom. The number of piperidine rings is 1. The van der Waals surface area contributed by atoms with Crippen molar-refractivity contribution in [2.45, 2.75) is 57.9 Å². The van der Waals surface area contributed by atoms with Crippen LogP contribution in [0.15, 0.2) is 24.3 Å². The van der Waals surface area contributed by atoms with Gasteiger partial charge in [-0.15, -0.1) is 0 Å². The molecule has 0 aromatic heterocycles. The molecule has 0 saturated carbocycles. The minimum atomic E-state index is -0.285. The highest BCUT2D eigenvalue weighted by Crippen LogP contribution is 2.20. The highest BCUT2D eigenvalue weighted by atomic mass is 19.1. The summed E-state index contributed by atoms with van der Waals surface area (Å²) in [5.41, 5.74) is 0.642. The maximum absolute atomic E-state index is 13.0. The Bertz CT molecular complexity index is 437. The summed E-state index contributed by atoms with van der Waals surface area (Å²) in [5.74, 6) is -0.125. The van der Waals surface area contributed by atoms with Crippen molar-refractivity contribution >= 4 is 5.78 Å². The van der Waals surface area contributed by atoms with E-state index in [9.17, 15) is 9.18 Å². The third-order valence-corrected chi connectivity index (χ3v) is 4.34. The van der Waals surface area contributed by atoms with Crippen molar-refractivity contribution in [2.75, 3.05) is 13.1 Å². The maximum Gasteiger partial charge on any atom is 0.179 e. The van der Waals surface area contributed by atoms with Crippen molar-refractivity contribution in [3.8, 4) is 0 Å². The molecule has 1 atom stereocenters. The molecule has 1 aromatic carbocycles. The standard InChI is InChI=1S/C18H26FNO/c1-2-3-5-8-17(20-13-6-4-7-14-20)18(21)15-9-11-16(19)12-10-15/h9-12,17H,2-8,13-14H2,1H3. The molecule has 0 radical (unpaired) electrons. The first-order chi connectivity index (χ1) is 10.2. The van der Waals surface area contributed by atoms with E-state index in [0.29, 0.717) is 5.56 Å². The SMILES string of the molecule is CCCCCC(C(=O)c1ccc(F)cc1)N1CCCCC1. The molecule has 116 valence electrons. The zero-order valence-corrected chi connectivity index (χ0v) is 13.0. The van der Waals surface area contributed by atoms with E-state index < -0.39 is 0 Å². The van der Waals surface area contributed by atoms with E-state index in [-0.39, 0.29) is 17.6 Å². The number of unbranched alkanes of at least 4 members (excludes halogenated alkanes) is 2. The fraction of sp³-hybridized carbons (Fsp3) is 0.611. The molecule has 1 unspecified atom stereocenters. The molecule has 3 heteroatoms. The van der Waals surface area contributed by atoms with Crippen LogP contribution in [0.1, 0.15) is 62.2 Å². The molecular weight excluding hydrogens is 265 g/mol. The van der Waals surface area contributed by atoms with Crippen LogP contribution in [0.5, 0.6) is 0 Å². The van der Waals surface area contributed by atoms with Crippen molar-refractivity contribution in [1.29, 1.82) is 0 Å². The molecule has 0 N–H and O–H groups in total. The molecule has 21 heavy (non-hydrogen) atoms. The Morgan fingerprint density at radius 1 is 1.14 bits per heavy atom. The molecule has 1 heterocycles. The Labute approximate surface area is 127 Å². The van der Waals surface area contributed by atoms with E-state index in [0.717, 1.165) is 32.4 Å². The van der Waals surface area contributed by atoms with E-state index in [4.69, 9.17) is 0 Å². The molecule has 1 aromatic rings. The van der Waals surface area contributed by atoms with Crippen molar-refractivity contribution in [1.82, 2.24) is 4.90 Å². The number of ketones is 1. The first-order valence-corrected chi connectivity index (χ1v) is 8.26. The highest BCUT2D eigenvalue weighted by Gasteiger charge is 2.27. The van der Waals surface area contributed by atoms with Crippen LogP contribution in [0.4, 0.5) is 4.39 Å². The summed E-state index contributed by atoms with van der Waals surface area (Å²) in [6.07, 6.45) is 7.97. The van der Waals surface area contributed by atoms with Gasteiger partial charge in [-0.2, -0.15) is 0 Å². The van der Waals surface area contributed by atoms with E-state index in [2.05, 4.69) is 11.8 Å². The summed E-state index contributed by atoms with van der Waals surface area (Å²) in [6, 6.07) is 5.98. The summed E-state index contributed by atoms with van der Waals surface area (Å²) >= 11 is 0. The summed E-state index contributed by atoms with van der Waals surface area (Å²) in [6.45, 7) is 4.21. The number of rotatable bonds is 7. The van der Waals surface area contributed by atoms with Gasteiger partial charge in [-0.25, -0.2) is 4.39 Å². The number of likely N-dealkylation sites (tertiary alicyclic amines) is 1. The number of nitrogens with zero attached hydrogens (tertiary/aromatic N) is 1. The van der Waals surface area contributed by atoms with Crippen LogP contribution >= 0.6 is 0 Å². The number of carbonyl (C=O) groups excluding carboxylic acids is 1. The highest BCUT2D eigenvalue weighted by molar-refractivity contribution is 6.00. The number of Topliss-reactive ketones (excluding diaryl/α,β-unsaturated/α-hetero) is 1. The number of hydrogen-bond donors (Lipinski definition) is 0. The van der Waals surface area contributed by atoms with Gasteiger partial charge in [0.1, 0.15) is 5.82 Å². The summed E-state index contributed by atoms with van der Waals surface area (Å²) < 4.78 is 13.0. The predicted octanol–water partition coefficient (Wildman–Crippen LogP) is 4.44. The second-order valence-electron chi connectivity index (χ2n) is 5.98. The Hall–Kier alpha value is -1.22. The molecule has 1 fully saturated rings. The quantitative estimate of drug-likeness (QED) is 0.546. The minimum absolute atomic E-state index is 0.0256. The van der Waals surface area contributed by atoms with E-state index in [1.807, 2.05) is 0 Å². The third kappa shape index (κ3) is 4.63. The first-order valence-electron chi connectivity index (χ1n) is 8.26. The van der Waals surface area contributed by atoms with Crippen LogP contribution in [0.2, 0.25) is 0 Å². The monoisotopic (exact) mass is 291 g/mol. The topological polar surface area (TPSA) is 20.3 Å². The number of halogens is 1. The first kappa shape index (κ1) is 16.2. The molecule has 1 saturated heterocycles. The van der Waals surface area contributed by atoms with Gasteiger partial charge in [0.05, 0.1) is 6.04 Å². The molecule has 2 rings (SSSR count). The van der Waals surface area contributed by atoms with E-state index >= 15 is 0 Å². The fourth-order valence-electron chi connectivity index (χ4n) is 3.10. The Balaban J connectivity index is 2.08. The molecule has 1 aliphatic rings.